The second-order valence-electron chi connectivity index (χ2n) is 8.59. The first-order valence-electron chi connectivity index (χ1n) is 12.0. The molecular formula is C25H37N4O6+. The molecule has 192 valence electrons. The van der Waals surface area contributed by atoms with Crippen molar-refractivity contribution in [2.75, 3.05) is 52.6 Å². The number of benzene rings is 2. The van der Waals surface area contributed by atoms with Gasteiger partial charge in [0.05, 0.1) is 49.3 Å². The van der Waals surface area contributed by atoms with Gasteiger partial charge in [-0.2, -0.15) is 10.2 Å². The average Bonchev–Trinajstić information content (AvgIpc) is 2.84. The number of hydrogen-bond donors (Lipinski definition) is 3. The minimum Gasteiger partial charge on any atom is -0.494 e. The number of aryl methyl sites for hydroxylation is 1. The summed E-state index contributed by atoms with van der Waals surface area (Å²) in [6.07, 6.45) is 3.92. The zero-order valence-corrected chi connectivity index (χ0v) is 20.4. The van der Waals surface area contributed by atoms with Gasteiger partial charge in [-0.3, -0.25) is 10.1 Å². The van der Waals surface area contributed by atoms with E-state index in [1.807, 2.05) is 12.1 Å². The fourth-order valence-corrected chi connectivity index (χ4v) is 3.99. The molecular weight excluding hydrogens is 452 g/mol. The largest absolute Gasteiger partial charge is 0.494 e. The molecule has 0 saturated heterocycles. The van der Waals surface area contributed by atoms with Crippen LogP contribution in [-0.2, 0) is 0 Å². The van der Waals surface area contributed by atoms with E-state index in [0.29, 0.717) is 47.7 Å². The standard InChI is InChI=1S/C25H37N4O6/c1-21-20-23(28(33)34)8-11-25(21)27-26-22-6-9-24(10-7-22)35-19-5-3-2-4-12-29(13-16-30,14-17-31)15-18-32/h6-11,20,30-32H,2-5,12-19H2,1H3/q+1. The van der Waals surface area contributed by atoms with Crippen LogP contribution in [0.25, 0.3) is 0 Å². The van der Waals surface area contributed by atoms with Crippen molar-refractivity contribution in [2.45, 2.75) is 32.6 Å². The topological polar surface area (TPSA) is 138 Å². The smallest absolute Gasteiger partial charge is 0.269 e. The third-order valence-electron chi connectivity index (χ3n) is 6.02. The van der Waals surface area contributed by atoms with E-state index < -0.39 is 4.92 Å². The van der Waals surface area contributed by atoms with Crippen LogP contribution in [0.15, 0.2) is 52.7 Å². The SMILES string of the molecule is Cc1cc([N+](=O)[O-])ccc1N=Nc1ccc(OCCCCCC[N+](CCO)(CCO)CCO)cc1. The molecule has 0 atom stereocenters. The van der Waals surface area contributed by atoms with Crippen molar-refractivity contribution in [2.24, 2.45) is 10.2 Å². The zero-order valence-electron chi connectivity index (χ0n) is 20.4. The van der Waals surface area contributed by atoms with Crippen LogP contribution in [0.2, 0.25) is 0 Å². The van der Waals surface area contributed by atoms with Gasteiger partial charge in [-0.05, 0) is 68.5 Å². The van der Waals surface area contributed by atoms with E-state index in [9.17, 15) is 25.4 Å². The van der Waals surface area contributed by atoms with E-state index in [-0.39, 0.29) is 25.5 Å². The lowest BCUT2D eigenvalue weighted by molar-refractivity contribution is -0.929. The second kappa shape index (κ2) is 15.2. The maximum Gasteiger partial charge on any atom is 0.269 e. The highest BCUT2D eigenvalue weighted by atomic mass is 16.6. The van der Waals surface area contributed by atoms with Crippen LogP contribution in [0, 0.1) is 17.0 Å². The molecule has 0 bridgehead atoms. The number of hydrogen-bond acceptors (Lipinski definition) is 8. The van der Waals surface area contributed by atoms with E-state index in [1.54, 1.807) is 25.1 Å². The number of quaternary nitrogens is 1. The lowest BCUT2D eigenvalue weighted by Gasteiger charge is -2.37. The number of nitro groups is 1. The summed E-state index contributed by atoms with van der Waals surface area (Å²) in [7, 11) is 0. The number of aliphatic hydroxyl groups is 3. The Balaban J connectivity index is 1.72. The average molecular weight is 490 g/mol. The van der Waals surface area contributed by atoms with Gasteiger partial charge >= 0.3 is 0 Å². The van der Waals surface area contributed by atoms with Gasteiger partial charge in [0.15, 0.2) is 0 Å². The number of nitrogens with zero attached hydrogens (tertiary/aromatic N) is 4. The molecule has 3 N–H and O–H groups in total. The normalized spacial score (nSPS) is 11.8. The summed E-state index contributed by atoms with van der Waals surface area (Å²) in [5.41, 5.74) is 1.95. The number of unbranched alkanes of at least 4 members (excludes halogenated alkanes) is 3. The lowest BCUT2D eigenvalue weighted by Crippen LogP contribution is -2.53. The molecule has 0 saturated carbocycles. The van der Waals surface area contributed by atoms with E-state index in [4.69, 9.17) is 4.74 Å². The highest BCUT2D eigenvalue weighted by Gasteiger charge is 2.25. The first-order valence-corrected chi connectivity index (χ1v) is 12.0. The molecule has 0 heterocycles. The molecule has 0 spiro atoms. The van der Waals surface area contributed by atoms with E-state index in [0.717, 1.165) is 38.0 Å². The van der Waals surface area contributed by atoms with Crippen LogP contribution in [0.4, 0.5) is 17.1 Å². The van der Waals surface area contributed by atoms with Gasteiger partial charge in [-0.25, -0.2) is 0 Å². The minimum absolute atomic E-state index is 0.0281. The molecule has 0 aromatic heterocycles. The maximum absolute atomic E-state index is 10.8. The van der Waals surface area contributed by atoms with Crippen molar-refractivity contribution >= 4 is 17.1 Å². The van der Waals surface area contributed by atoms with Crippen molar-refractivity contribution in [1.29, 1.82) is 0 Å². The second-order valence-corrected chi connectivity index (χ2v) is 8.59. The van der Waals surface area contributed by atoms with Crippen LogP contribution in [0.5, 0.6) is 5.75 Å². The van der Waals surface area contributed by atoms with Gasteiger partial charge < -0.3 is 24.5 Å². The summed E-state index contributed by atoms with van der Waals surface area (Å²) in [4.78, 5) is 10.4. The monoisotopic (exact) mass is 489 g/mol. The van der Waals surface area contributed by atoms with Crippen LogP contribution in [-0.4, -0.2) is 77.3 Å². The number of azo groups is 1. The Morgan fingerprint density at radius 1 is 0.857 bits per heavy atom. The van der Waals surface area contributed by atoms with Gasteiger partial charge in [0.25, 0.3) is 5.69 Å². The molecule has 2 aromatic carbocycles. The number of non-ortho nitro benzene ring substituents is 1. The third-order valence-corrected chi connectivity index (χ3v) is 6.02. The molecule has 10 heteroatoms. The summed E-state index contributed by atoms with van der Waals surface area (Å²) in [5.74, 6) is 0.750. The van der Waals surface area contributed by atoms with E-state index in [2.05, 4.69) is 10.2 Å². The van der Waals surface area contributed by atoms with Gasteiger partial charge in [0.2, 0.25) is 0 Å². The maximum atomic E-state index is 10.8. The summed E-state index contributed by atoms with van der Waals surface area (Å²) in [5, 5.41) is 47.2. The molecule has 0 fully saturated rings. The fourth-order valence-electron chi connectivity index (χ4n) is 3.99. The van der Waals surface area contributed by atoms with Crippen molar-refractivity contribution in [1.82, 2.24) is 0 Å². The minimum atomic E-state index is -0.436. The van der Waals surface area contributed by atoms with E-state index >= 15 is 0 Å². The molecule has 0 aliphatic heterocycles. The first kappa shape index (κ1) is 28.3. The summed E-state index contributed by atoms with van der Waals surface area (Å²) < 4.78 is 6.35. The van der Waals surface area contributed by atoms with Crippen molar-refractivity contribution in [3.63, 3.8) is 0 Å². The highest BCUT2D eigenvalue weighted by molar-refractivity contribution is 5.51. The van der Waals surface area contributed by atoms with E-state index in [1.165, 1.54) is 12.1 Å². The van der Waals surface area contributed by atoms with Crippen molar-refractivity contribution < 1.29 is 29.5 Å². The van der Waals surface area contributed by atoms with Gasteiger partial charge in [0, 0.05) is 12.1 Å². The van der Waals surface area contributed by atoms with Crippen LogP contribution in [0.3, 0.4) is 0 Å². The quantitative estimate of drug-likeness (QED) is 0.101. The molecule has 10 nitrogen and oxygen atoms in total. The van der Waals surface area contributed by atoms with Gasteiger partial charge in [0.1, 0.15) is 25.4 Å². The zero-order chi connectivity index (χ0) is 25.5. The molecule has 35 heavy (non-hydrogen) atoms. The molecule has 2 rings (SSSR count). The molecule has 0 amide bonds. The van der Waals surface area contributed by atoms with Crippen LogP contribution < -0.4 is 4.74 Å². The Kier molecular flexibility index (Phi) is 12.3. The summed E-state index contributed by atoms with van der Waals surface area (Å²) in [6, 6.07) is 11.7. The Hall–Kier alpha value is -2.92. The predicted molar refractivity (Wildman–Crippen MR) is 133 cm³/mol. The number of rotatable bonds is 17. The summed E-state index contributed by atoms with van der Waals surface area (Å²) >= 11 is 0. The lowest BCUT2D eigenvalue weighted by atomic mass is 10.1. The van der Waals surface area contributed by atoms with Gasteiger partial charge in [-0.1, -0.05) is 0 Å². The number of nitro benzene ring substituents is 1. The molecule has 0 aliphatic carbocycles. The Morgan fingerprint density at radius 2 is 1.49 bits per heavy atom. The van der Waals surface area contributed by atoms with Gasteiger partial charge in [-0.15, -0.1) is 0 Å². The molecule has 0 aliphatic rings. The molecule has 2 aromatic rings. The Labute approximate surface area is 206 Å². The fraction of sp³-hybridized carbons (Fsp3) is 0.520. The predicted octanol–water partition coefficient (Wildman–Crippen LogP) is 4.05. The third kappa shape index (κ3) is 9.69. The molecule has 0 unspecified atom stereocenters. The Bertz CT molecular complexity index is 919. The van der Waals surface area contributed by atoms with Crippen molar-refractivity contribution in [3.8, 4) is 5.75 Å². The Morgan fingerprint density at radius 3 is 2.06 bits per heavy atom. The number of ether oxygens (including phenoxy) is 1. The highest BCUT2D eigenvalue weighted by Crippen LogP contribution is 2.26. The van der Waals surface area contributed by atoms with Crippen LogP contribution >= 0.6 is 0 Å². The summed E-state index contributed by atoms with van der Waals surface area (Å²) in [6.45, 7) is 4.98. The van der Waals surface area contributed by atoms with Crippen molar-refractivity contribution in [3.05, 3.63) is 58.1 Å². The first-order chi connectivity index (χ1) is 16.9. The number of aliphatic hydroxyl groups excluding tert-OH is 3. The molecule has 0 radical (unpaired) electrons. The van der Waals surface area contributed by atoms with Crippen LogP contribution in [0.1, 0.15) is 31.2 Å².